The number of furan rings is 1. The average molecular weight is 268 g/mol. The molecule has 0 aliphatic heterocycles. The minimum atomic E-state index is -0.347. The van der Waals surface area contributed by atoms with E-state index in [0.717, 1.165) is 0 Å². The van der Waals surface area contributed by atoms with E-state index in [0.29, 0.717) is 0 Å². The molecule has 1 rings (SSSR count). The summed E-state index contributed by atoms with van der Waals surface area (Å²) in [7, 11) is 0. The van der Waals surface area contributed by atoms with Crippen LogP contribution in [0.25, 0.3) is 0 Å². The molecule has 0 aromatic carbocycles. The highest BCUT2D eigenvalue weighted by Gasteiger charge is 2.15. The second-order valence-corrected chi connectivity index (χ2v) is 4.58. The van der Waals surface area contributed by atoms with Crippen molar-refractivity contribution in [3.8, 4) is 0 Å². The first-order chi connectivity index (χ1) is 9.04. The van der Waals surface area contributed by atoms with Gasteiger partial charge in [-0.1, -0.05) is 13.8 Å². The fourth-order valence-electron chi connectivity index (χ4n) is 1.49. The summed E-state index contributed by atoms with van der Waals surface area (Å²) in [6, 6.07) is 2.92. The number of aliphatic hydroxyl groups excluding tert-OH is 1. The predicted octanol–water partition coefficient (Wildman–Crippen LogP) is 0.533. The highest BCUT2D eigenvalue weighted by Crippen LogP contribution is 2.01. The highest BCUT2D eigenvalue weighted by molar-refractivity contribution is 5.91. The van der Waals surface area contributed by atoms with Gasteiger partial charge in [-0.25, -0.2) is 0 Å². The highest BCUT2D eigenvalue weighted by atomic mass is 16.3. The van der Waals surface area contributed by atoms with E-state index in [2.05, 4.69) is 10.6 Å². The molecule has 1 aromatic rings. The standard InChI is InChI=1S/C13H20N2O4/c1-9(2)10(8-16)15-12(17)5-6-14-13(18)11-4-3-7-19-11/h3-4,7,9-10,16H,5-6,8H2,1-2H3,(H,14,18)(H,15,17)/t10-/m1/s1. The normalized spacial score (nSPS) is 12.2. The molecule has 6 nitrogen and oxygen atoms in total. The second kappa shape index (κ2) is 7.58. The van der Waals surface area contributed by atoms with Crippen LogP contribution in [0.5, 0.6) is 0 Å². The maximum Gasteiger partial charge on any atom is 0.286 e. The summed E-state index contributed by atoms with van der Waals surface area (Å²) >= 11 is 0. The Labute approximate surface area is 112 Å². The van der Waals surface area contributed by atoms with Crippen LogP contribution < -0.4 is 10.6 Å². The molecule has 0 spiro atoms. The number of rotatable bonds is 7. The molecule has 1 atom stereocenters. The van der Waals surface area contributed by atoms with Gasteiger partial charge in [0.05, 0.1) is 18.9 Å². The van der Waals surface area contributed by atoms with Crippen molar-refractivity contribution in [2.75, 3.05) is 13.2 Å². The summed E-state index contributed by atoms with van der Waals surface area (Å²) < 4.78 is 4.92. The zero-order valence-electron chi connectivity index (χ0n) is 11.2. The van der Waals surface area contributed by atoms with Gasteiger partial charge < -0.3 is 20.2 Å². The Balaban J connectivity index is 2.25. The predicted molar refractivity (Wildman–Crippen MR) is 69.5 cm³/mol. The van der Waals surface area contributed by atoms with E-state index in [4.69, 9.17) is 9.52 Å². The molecule has 19 heavy (non-hydrogen) atoms. The number of aliphatic hydroxyl groups is 1. The molecular weight excluding hydrogens is 248 g/mol. The van der Waals surface area contributed by atoms with Crippen LogP contribution in [0.4, 0.5) is 0 Å². The van der Waals surface area contributed by atoms with Crippen molar-refractivity contribution in [3.05, 3.63) is 24.2 Å². The lowest BCUT2D eigenvalue weighted by molar-refractivity contribution is -0.122. The fourth-order valence-corrected chi connectivity index (χ4v) is 1.49. The zero-order chi connectivity index (χ0) is 14.3. The van der Waals surface area contributed by atoms with Crippen LogP contribution in [0.15, 0.2) is 22.8 Å². The van der Waals surface area contributed by atoms with Crippen LogP contribution >= 0.6 is 0 Å². The van der Waals surface area contributed by atoms with Gasteiger partial charge in [-0.2, -0.15) is 0 Å². The van der Waals surface area contributed by atoms with Gasteiger partial charge in [-0.3, -0.25) is 9.59 Å². The third kappa shape index (κ3) is 5.13. The Bertz CT molecular complexity index is 401. The van der Waals surface area contributed by atoms with Gasteiger partial charge in [-0.05, 0) is 18.1 Å². The first-order valence-corrected chi connectivity index (χ1v) is 6.26. The molecule has 0 radical (unpaired) electrons. The van der Waals surface area contributed by atoms with E-state index in [9.17, 15) is 9.59 Å². The Morgan fingerprint density at radius 3 is 2.68 bits per heavy atom. The topological polar surface area (TPSA) is 91.6 Å². The summed E-state index contributed by atoms with van der Waals surface area (Å²) in [5.41, 5.74) is 0. The van der Waals surface area contributed by atoms with Crippen molar-refractivity contribution in [3.63, 3.8) is 0 Å². The Hall–Kier alpha value is -1.82. The van der Waals surface area contributed by atoms with Crippen LogP contribution in [-0.2, 0) is 4.79 Å². The average Bonchev–Trinajstić information content (AvgIpc) is 2.89. The molecule has 0 aliphatic rings. The molecule has 0 saturated heterocycles. The minimum absolute atomic E-state index is 0.0951. The molecule has 0 unspecified atom stereocenters. The zero-order valence-corrected chi connectivity index (χ0v) is 11.2. The van der Waals surface area contributed by atoms with Gasteiger partial charge >= 0.3 is 0 Å². The monoisotopic (exact) mass is 268 g/mol. The van der Waals surface area contributed by atoms with Crippen LogP contribution in [-0.4, -0.2) is 36.1 Å². The number of amides is 2. The second-order valence-electron chi connectivity index (χ2n) is 4.58. The number of carbonyl (C=O) groups is 2. The lowest BCUT2D eigenvalue weighted by Crippen LogP contribution is -2.42. The summed E-state index contributed by atoms with van der Waals surface area (Å²) in [5.74, 6) is -0.171. The van der Waals surface area contributed by atoms with Crippen LogP contribution in [0.2, 0.25) is 0 Å². The Morgan fingerprint density at radius 1 is 1.42 bits per heavy atom. The van der Waals surface area contributed by atoms with Gasteiger partial charge in [0, 0.05) is 13.0 Å². The molecule has 1 aromatic heterocycles. The van der Waals surface area contributed by atoms with Crippen molar-refractivity contribution >= 4 is 11.8 Å². The van der Waals surface area contributed by atoms with E-state index < -0.39 is 0 Å². The number of nitrogens with one attached hydrogen (secondary N) is 2. The molecular formula is C13H20N2O4. The van der Waals surface area contributed by atoms with Gasteiger partial charge in [0.25, 0.3) is 5.91 Å². The van der Waals surface area contributed by atoms with Crippen molar-refractivity contribution in [1.82, 2.24) is 10.6 Å². The van der Waals surface area contributed by atoms with Gasteiger partial charge in [0.15, 0.2) is 5.76 Å². The van der Waals surface area contributed by atoms with Crippen molar-refractivity contribution in [1.29, 1.82) is 0 Å². The first kappa shape index (κ1) is 15.2. The molecule has 0 saturated carbocycles. The van der Waals surface area contributed by atoms with Crippen molar-refractivity contribution in [2.24, 2.45) is 5.92 Å². The van der Waals surface area contributed by atoms with Crippen LogP contribution in [0.3, 0.4) is 0 Å². The molecule has 106 valence electrons. The summed E-state index contributed by atoms with van der Waals surface area (Å²) in [5, 5.41) is 14.4. The number of hydrogen-bond donors (Lipinski definition) is 3. The molecule has 1 heterocycles. The van der Waals surface area contributed by atoms with Crippen molar-refractivity contribution in [2.45, 2.75) is 26.3 Å². The van der Waals surface area contributed by atoms with Crippen LogP contribution in [0, 0.1) is 5.92 Å². The van der Waals surface area contributed by atoms with E-state index in [1.165, 1.54) is 6.26 Å². The smallest absolute Gasteiger partial charge is 0.286 e. The Kier molecular flexibility index (Phi) is 6.08. The van der Waals surface area contributed by atoms with E-state index >= 15 is 0 Å². The van der Waals surface area contributed by atoms with Crippen molar-refractivity contribution < 1.29 is 19.1 Å². The first-order valence-electron chi connectivity index (χ1n) is 6.26. The van der Waals surface area contributed by atoms with E-state index in [1.807, 2.05) is 13.8 Å². The quantitative estimate of drug-likeness (QED) is 0.672. The number of hydrogen-bond acceptors (Lipinski definition) is 4. The summed E-state index contributed by atoms with van der Waals surface area (Å²) in [6.45, 7) is 3.96. The fraction of sp³-hybridized carbons (Fsp3) is 0.538. The van der Waals surface area contributed by atoms with E-state index in [-0.39, 0.29) is 49.1 Å². The maximum atomic E-state index is 11.6. The van der Waals surface area contributed by atoms with Gasteiger partial charge in [0.2, 0.25) is 5.91 Å². The van der Waals surface area contributed by atoms with Gasteiger partial charge in [-0.15, -0.1) is 0 Å². The van der Waals surface area contributed by atoms with Gasteiger partial charge in [0.1, 0.15) is 0 Å². The van der Waals surface area contributed by atoms with Crippen LogP contribution in [0.1, 0.15) is 30.8 Å². The largest absolute Gasteiger partial charge is 0.459 e. The molecule has 0 bridgehead atoms. The lowest BCUT2D eigenvalue weighted by Gasteiger charge is -2.19. The summed E-state index contributed by atoms with van der Waals surface area (Å²) in [4.78, 5) is 23.1. The molecule has 3 N–H and O–H groups in total. The molecule has 0 fully saturated rings. The molecule has 2 amide bonds. The Morgan fingerprint density at radius 2 is 2.16 bits per heavy atom. The maximum absolute atomic E-state index is 11.6. The minimum Gasteiger partial charge on any atom is -0.459 e. The third-order valence-corrected chi connectivity index (χ3v) is 2.73. The molecule has 0 aliphatic carbocycles. The third-order valence-electron chi connectivity index (χ3n) is 2.73. The molecule has 6 heteroatoms. The lowest BCUT2D eigenvalue weighted by atomic mass is 10.1. The summed E-state index contributed by atoms with van der Waals surface area (Å²) in [6.07, 6.45) is 1.58. The number of carbonyl (C=O) groups excluding carboxylic acids is 2. The SMILES string of the molecule is CC(C)[C@@H](CO)NC(=O)CCNC(=O)c1ccco1. The van der Waals surface area contributed by atoms with E-state index in [1.54, 1.807) is 12.1 Å².